The molecule has 0 aliphatic carbocycles. The molecule has 0 atom stereocenters. The Bertz CT molecular complexity index is 2240. The highest BCUT2D eigenvalue weighted by Crippen LogP contribution is 2.43. The van der Waals surface area contributed by atoms with Crippen molar-refractivity contribution in [1.29, 1.82) is 5.26 Å². The zero-order valence-corrected chi connectivity index (χ0v) is 22.3. The summed E-state index contributed by atoms with van der Waals surface area (Å²) in [5.74, 6) is 0. The molecule has 0 amide bonds. The van der Waals surface area contributed by atoms with Gasteiger partial charge in [-0.25, -0.2) is 0 Å². The maximum absolute atomic E-state index is 10.7. The monoisotopic (exact) mass is 526 g/mol. The maximum atomic E-state index is 10.7. The second-order valence-corrected chi connectivity index (χ2v) is 11.1. The number of benzene rings is 6. The Morgan fingerprint density at radius 2 is 1.00 bits per heavy atom. The number of hydrogen-bond acceptors (Lipinski definition) is 2. The van der Waals surface area contributed by atoms with Gasteiger partial charge in [0.25, 0.3) is 0 Å². The maximum Gasteiger partial charge on any atom is 0.100 e. The van der Waals surface area contributed by atoms with Crippen LogP contribution < -0.4 is 0 Å². The summed E-state index contributed by atoms with van der Waals surface area (Å²) < 4.78 is 4.83. The van der Waals surface area contributed by atoms with E-state index < -0.39 is 0 Å². The summed E-state index contributed by atoms with van der Waals surface area (Å²) in [4.78, 5) is 0. The van der Waals surface area contributed by atoms with Crippen molar-refractivity contribution in [2.45, 2.75) is 0 Å². The Kier molecular flexibility index (Phi) is 5.10. The Morgan fingerprint density at radius 1 is 0.475 bits per heavy atom. The molecule has 0 saturated carbocycles. The van der Waals surface area contributed by atoms with E-state index in [0.717, 1.165) is 39.0 Å². The predicted octanol–water partition coefficient (Wildman–Crippen LogP) is 10.4. The first-order valence-electron chi connectivity index (χ1n) is 13.4. The number of aromatic nitrogens is 1. The third kappa shape index (κ3) is 3.27. The summed E-state index contributed by atoms with van der Waals surface area (Å²) in [5.41, 5.74) is 8.10. The Morgan fingerprint density at radius 3 is 1.75 bits per heavy atom. The average Bonchev–Trinajstić information content (AvgIpc) is 3.56. The average molecular weight is 527 g/mol. The van der Waals surface area contributed by atoms with E-state index in [1.54, 1.807) is 11.3 Å². The van der Waals surface area contributed by atoms with E-state index in [0.29, 0.717) is 5.56 Å². The van der Waals surface area contributed by atoms with E-state index in [-0.39, 0.29) is 0 Å². The summed E-state index contributed by atoms with van der Waals surface area (Å²) in [5, 5.41) is 15.6. The molecule has 186 valence electrons. The molecule has 0 aliphatic rings. The van der Waals surface area contributed by atoms with Gasteiger partial charge in [0.1, 0.15) is 6.07 Å². The molecule has 8 rings (SSSR count). The molecule has 6 aromatic carbocycles. The normalized spacial score (nSPS) is 11.5. The number of nitriles is 1. The van der Waals surface area contributed by atoms with Crippen LogP contribution in [0.1, 0.15) is 5.56 Å². The van der Waals surface area contributed by atoms with Crippen LogP contribution in [0.25, 0.3) is 69.9 Å². The van der Waals surface area contributed by atoms with E-state index in [1.165, 1.54) is 30.9 Å². The first-order valence-corrected chi connectivity index (χ1v) is 14.2. The molecule has 0 fully saturated rings. The Balaban J connectivity index is 1.42. The number of thiophene rings is 1. The fourth-order valence-corrected chi connectivity index (χ4v) is 7.33. The first-order chi connectivity index (χ1) is 19.8. The summed E-state index contributed by atoms with van der Waals surface area (Å²) in [6, 6.07) is 49.4. The molecule has 0 saturated heterocycles. The molecule has 0 bridgehead atoms. The minimum absolute atomic E-state index is 0.693. The number of hydrogen-bond donors (Lipinski definition) is 0. The van der Waals surface area contributed by atoms with Crippen molar-refractivity contribution in [2.24, 2.45) is 0 Å². The van der Waals surface area contributed by atoms with Crippen molar-refractivity contribution in [2.75, 3.05) is 0 Å². The van der Waals surface area contributed by atoms with Gasteiger partial charge >= 0.3 is 0 Å². The van der Waals surface area contributed by atoms with Crippen molar-refractivity contribution >= 4 is 53.3 Å². The SMILES string of the molecule is N#Cc1c(-c2ccccc2-n2c3ccccc3c3ccccc32)cccc1-c1cccc2sc3ccccc3c12. The number of para-hydroxylation sites is 3. The highest BCUT2D eigenvalue weighted by Gasteiger charge is 2.20. The number of nitrogens with zero attached hydrogens (tertiary/aromatic N) is 2. The zero-order chi connectivity index (χ0) is 26.6. The van der Waals surface area contributed by atoms with Gasteiger partial charge in [-0.15, -0.1) is 11.3 Å². The smallest absolute Gasteiger partial charge is 0.100 e. The van der Waals surface area contributed by atoms with Crippen LogP contribution >= 0.6 is 11.3 Å². The van der Waals surface area contributed by atoms with E-state index in [1.807, 2.05) is 0 Å². The van der Waals surface area contributed by atoms with Crippen molar-refractivity contribution in [3.8, 4) is 34.0 Å². The van der Waals surface area contributed by atoms with Crippen molar-refractivity contribution in [1.82, 2.24) is 4.57 Å². The topological polar surface area (TPSA) is 28.7 Å². The van der Waals surface area contributed by atoms with Gasteiger partial charge in [0.15, 0.2) is 0 Å². The Labute approximate surface area is 235 Å². The van der Waals surface area contributed by atoms with Crippen molar-refractivity contribution < 1.29 is 0 Å². The fraction of sp³-hybridized carbons (Fsp3) is 0. The molecule has 0 radical (unpaired) electrons. The second kappa shape index (κ2) is 8.95. The van der Waals surface area contributed by atoms with E-state index in [9.17, 15) is 5.26 Å². The van der Waals surface area contributed by atoms with Gasteiger partial charge in [0.2, 0.25) is 0 Å². The highest BCUT2D eigenvalue weighted by molar-refractivity contribution is 7.25. The number of fused-ring (bicyclic) bond motifs is 6. The molecule has 0 N–H and O–H groups in total. The molecule has 2 nitrogen and oxygen atoms in total. The number of rotatable bonds is 3. The lowest BCUT2D eigenvalue weighted by Gasteiger charge is -2.17. The molecule has 3 heteroatoms. The summed E-state index contributed by atoms with van der Waals surface area (Å²) in [7, 11) is 0. The standard InChI is InChI=1S/C37H22N2S/c38-23-31-24(15-9-16-25(31)29-17-10-22-36-37(29)30-14-4-8-21-35(30)40-36)26-11-1-5-18-32(26)39-33-19-6-2-12-27(33)28-13-3-7-20-34(28)39/h1-22H. The largest absolute Gasteiger partial charge is 0.309 e. The zero-order valence-electron chi connectivity index (χ0n) is 21.5. The molecular formula is C37H22N2S. The van der Waals surface area contributed by atoms with Crippen LogP contribution in [0.2, 0.25) is 0 Å². The van der Waals surface area contributed by atoms with E-state index in [4.69, 9.17) is 0 Å². The van der Waals surface area contributed by atoms with Crippen LogP contribution in [-0.4, -0.2) is 4.57 Å². The molecule has 2 aromatic heterocycles. The fourth-order valence-electron chi connectivity index (χ4n) is 6.20. The van der Waals surface area contributed by atoms with Crippen LogP contribution in [0.5, 0.6) is 0 Å². The molecule has 40 heavy (non-hydrogen) atoms. The minimum atomic E-state index is 0.693. The van der Waals surface area contributed by atoms with E-state index in [2.05, 4.69) is 144 Å². The van der Waals surface area contributed by atoms with Gasteiger partial charge in [-0.1, -0.05) is 103 Å². The van der Waals surface area contributed by atoms with Crippen LogP contribution in [0.4, 0.5) is 0 Å². The molecule has 0 unspecified atom stereocenters. The third-order valence-electron chi connectivity index (χ3n) is 7.88. The van der Waals surface area contributed by atoms with Crippen LogP contribution in [0, 0.1) is 11.3 Å². The molecule has 0 aliphatic heterocycles. The lowest BCUT2D eigenvalue weighted by Crippen LogP contribution is -1.99. The van der Waals surface area contributed by atoms with Gasteiger partial charge in [-0.2, -0.15) is 5.26 Å². The lowest BCUT2D eigenvalue weighted by molar-refractivity contribution is 1.18. The lowest BCUT2D eigenvalue weighted by atomic mass is 9.90. The van der Waals surface area contributed by atoms with Gasteiger partial charge in [0.05, 0.1) is 22.3 Å². The van der Waals surface area contributed by atoms with Crippen LogP contribution in [-0.2, 0) is 0 Å². The van der Waals surface area contributed by atoms with Crippen molar-refractivity contribution in [3.05, 3.63) is 139 Å². The second-order valence-electron chi connectivity index (χ2n) is 10.0. The predicted molar refractivity (Wildman–Crippen MR) is 169 cm³/mol. The molecule has 0 spiro atoms. The summed E-state index contributed by atoms with van der Waals surface area (Å²) >= 11 is 1.80. The third-order valence-corrected chi connectivity index (χ3v) is 9.02. The van der Waals surface area contributed by atoms with Gasteiger partial charge < -0.3 is 4.57 Å². The summed E-state index contributed by atoms with van der Waals surface area (Å²) in [6.45, 7) is 0. The van der Waals surface area contributed by atoms with Gasteiger partial charge in [-0.3, -0.25) is 0 Å². The molecular weight excluding hydrogens is 504 g/mol. The quantitative estimate of drug-likeness (QED) is 0.225. The molecule has 8 aromatic rings. The minimum Gasteiger partial charge on any atom is -0.309 e. The van der Waals surface area contributed by atoms with E-state index >= 15 is 0 Å². The summed E-state index contributed by atoms with van der Waals surface area (Å²) in [6.07, 6.45) is 0. The van der Waals surface area contributed by atoms with Crippen LogP contribution in [0.3, 0.4) is 0 Å². The van der Waals surface area contributed by atoms with Gasteiger partial charge in [-0.05, 0) is 35.9 Å². The molecule has 2 heterocycles. The Hall–Kier alpha value is -5.17. The van der Waals surface area contributed by atoms with Crippen molar-refractivity contribution in [3.63, 3.8) is 0 Å². The first kappa shape index (κ1) is 22.8. The van der Waals surface area contributed by atoms with Crippen LogP contribution in [0.15, 0.2) is 133 Å². The highest BCUT2D eigenvalue weighted by atomic mass is 32.1. The van der Waals surface area contributed by atoms with Gasteiger partial charge in [0, 0.05) is 47.6 Å².